The van der Waals surface area contributed by atoms with E-state index in [2.05, 4.69) is 0 Å². The number of carbonyl (C=O) groups is 1. The first-order valence-corrected chi connectivity index (χ1v) is 4.76. The molecule has 0 aliphatic rings. The number of phenolic OH excluding ortho intramolecular Hbond substituents is 1. The van der Waals surface area contributed by atoms with Crippen molar-refractivity contribution >= 4 is 5.97 Å². The Labute approximate surface area is 144 Å². The molecule has 0 heterocycles. The van der Waals surface area contributed by atoms with Gasteiger partial charge in [0.1, 0.15) is 17.6 Å². The van der Waals surface area contributed by atoms with Gasteiger partial charge in [0.25, 0.3) is 0 Å². The number of hydrogen-bond donors (Lipinski definition) is 2. The molecule has 6 heteroatoms. The average Bonchev–Trinajstić information content (AvgIpc) is 2.16. The van der Waals surface area contributed by atoms with Crippen LogP contribution < -0.4 is 56.1 Å². The van der Waals surface area contributed by atoms with E-state index in [9.17, 15) is 9.90 Å². The Morgan fingerprint density at radius 2 is 2.12 bits per heavy atom. The van der Waals surface area contributed by atoms with Gasteiger partial charge in [0.15, 0.2) is 0 Å². The maximum atomic E-state index is 10.7. The zero-order valence-corrected chi connectivity index (χ0v) is 13.3. The fraction of sp³-hybridized carbons (Fsp3) is 0.364. The number of hydrogen-bond acceptors (Lipinski definition) is 4. The first-order valence-electron chi connectivity index (χ1n) is 4.76. The van der Waals surface area contributed by atoms with E-state index in [0.717, 1.165) is 6.07 Å². The minimum Gasteiger partial charge on any atom is -1.00 e. The van der Waals surface area contributed by atoms with Crippen LogP contribution in [0.1, 0.15) is 18.7 Å². The van der Waals surface area contributed by atoms with Gasteiger partial charge in [0, 0.05) is 13.2 Å². The minimum absolute atomic E-state index is 0. The van der Waals surface area contributed by atoms with Gasteiger partial charge in [-0.1, -0.05) is 0 Å². The van der Waals surface area contributed by atoms with Crippen LogP contribution in [0.3, 0.4) is 0 Å². The zero-order valence-electron chi connectivity index (χ0n) is 11.1. The van der Waals surface area contributed by atoms with Gasteiger partial charge in [0.2, 0.25) is 0 Å². The number of aromatic carboxylic acids is 1. The van der Waals surface area contributed by atoms with Crippen LogP contribution in [0.2, 0.25) is 0 Å². The molecule has 2 N–H and O–H groups in total. The summed E-state index contributed by atoms with van der Waals surface area (Å²) in [5, 5.41) is 18.1. The molecule has 0 aromatic heterocycles. The molecule has 90 valence electrons. The van der Waals surface area contributed by atoms with E-state index in [-0.39, 0.29) is 70.2 Å². The normalized spacial score (nSPS) is 11.4. The molecule has 0 spiro atoms. The Morgan fingerprint density at radius 1 is 1.47 bits per heavy atom. The third kappa shape index (κ3) is 5.85. The fourth-order valence-electron chi connectivity index (χ4n) is 1.28. The summed E-state index contributed by atoms with van der Waals surface area (Å²) >= 11 is 0. The number of aromatic hydroxyl groups is 1. The molecule has 1 aromatic rings. The van der Waals surface area contributed by atoms with E-state index in [0.29, 0.717) is 12.4 Å². The molecule has 1 atom stereocenters. The maximum Gasteiger partial charge on any atom is 1.00 e. The molecule has 1 aromatic carbocycles. The van der Waals surface area contributed by atoms with Crippen molar-refractivity contribution in [3.63, 3.8) is 0 Å². The Hall–Kier alpha value is -0.114. The van der Waals surface area contributed by atoms with Crippen LogP contribution >= 0.6 is 0 Å². The van der Waals surface area contributed by atoms with Crippen LogP contribution in [0.15, 0.2) is 18.2 Å². The van der Waals surface area contributed by atoms with E-state index >= 15 is 0 Å². The number of ether oxygens (including phenoxy) is 2. The predicted molar refractivity (Wildman–Crippen MR) is 58.1 cm³/mol. The Morgan fingerprint density at radius 3 is 2.65 bits per heavy atom. The first-order chi connectivity index (χ1) is 7.52. The molecule has 0 saturated carbocycles. The maximum absolute atomic E-state index is 10.7. The van der Waals surface area contributed by atoms with Crippen LogP contribution in [0.4, 0.5) is 0 Å². The second-order valence-electron chi connectivity index (χ2n) is 3.40. The van der Waals surface area contributed by atoms with Gasteiger partial charge in [-0.3, -0.25) is 0 Å². The van der Waals surface area contributed by atoms with Crippen molar-refractivity contribution in [2.75, 3.05) is 13.7 Å². The molecule has 5 nitrogen and oxygen atoms in total. The molecule has 0 bridgehead atoms. The van der Waals surface area contributed by atoms with Gasteiger partial charge >= 0.3 is 57.4 Å². The van der Waals surface area contributed by atoms with E-state index in [4.69, 9.17) is 14.6 Å². The number of carboxylic acids is 1. The molecule has 0 aliphatic heterocycles. The van der Waals surface area contributed by atoms with Crippen molar-refractivity contribution in [3.8, 4) is 11.5 Å². The Bertz CT molecular complexity index is 386. The summed E-state index contributed by atoms with van der Waals surface area (Å²) in [6.07, 6.45) is -0.214. The standard InChI is InChI=1S/C11H14O5.K.H/c1-7(6-15-2)16-10-4-8(11(13)14)3-9(12)5-10;;/h3-5,7,12H,6H2,1-2H3,(H,13,14);;/q;+1;-1/t7-;;/m0../s1. The molecule has 0 fully saturated rings. The predicted octanol–water partition coefficient (Wildman–Crippen LogP) is -1.38. The topological polar surface area (TPSA) is 76.0 Å². The monoisotopic (exact) mass is 266 g/mol. The van der Waals surface area contributed by atoms with Crippen LogP contribution in [0.5, 0.6) is 11.5 Å². The van der Waals surface area contributed by atoms with Crippen molar-refractivity contribution in [3.05, 3.63) is 23.8 Å². The molecular weight excluding hydrogens is 251 g/mol. The minimum atomic E-state index is -1.11. The average molecular weight is 266 g/mol. The van der Waals surface area contributed by atoms with Gasteiger partial charge in [0.05, 0.1) is 12.2 Å². The van der Waals surface area contributed by atoms with Gasteiger partial charge in [-0.2, -0.15) is 0 Å². The number of benzene rings is 1. The van der Waals surface area contributed by atoms with Gasteiger partial charge in [-0.15, -0.1) is 0 Å². The van der Waals surface area contributed by atoms with Gasteiger partial charge < -0.3 is 21.1 Å². The van der Waals surface area contributed by atoms with E-state index in [1.807, 2.05) is 0 Å². The summed E-state index contributed by atoms with van der Waals surface area (Å²) < 4.78 is 10.3. The summed E-state index contributed by atoms with van der Waals surface area (Å²) in [5.74, 6) is -0.943. The molecule has 0 aliphatic carbocycles. The molecule has 0 amide bonds. The molecular formula is C11H15KO5. The quantitative estimate of drug-likeness (QED) is 0.643. The van der Waals surface area contributed by atoms with E-state index < -0.39 is 5.97 Å². The molecule has 0 saturated heterocycles. The second-order valence-corrected chi connectivity index (χ2v) is 3.40. The van der Waals surface area contributed by atoms with Crippen molar-refractivity contribution in [1.29, 1.82) is 0 Å². The van der Waals surface area contributed by atoms with Crippen molar-refractivity contribution < 1.29 is 77.3 Å². The number of phenols is 1. The third-order valence-electron chi connectivity index (χ3n) is 1.88. The first kappa shape index (κ1) is 16.9. The summed E-state index contributed by atoms with van der Waals surface area (Å²) in [6.45, 7) is 2.17. The number of rotatable bonds is 5. The molecule has 0 unspecified atom stereocenters. The second kappa shape index (κ2) is 8.07. The van der Waals surface area contributed by atoms with Crippen molar-refractivity contribution in [1.82, 2.24) is 0 Å². The van der Waals surface area contributed by atoms with Crippen molar-refractivity contribution in [2.45, 2.75) is 13.0 Å². The summed E-state index contributed by atoms with van der Waals surface area (Å²) in [5.41, 5.74) is -0.0142. The van der Waals surface area contributed by atoms with Crippen LogP contribution in [0, 0.1) is 0 Å². The van der Waals surface area contributed by atoms with Crippen LogP contribution in [-0.2, 0) is 4.74 Å². The summed E-state index contributed by atoms with van der Waals surface area (Å²) in [4.78, 5) is 10.7. The Kier molecular flexibility index (Phi) is 8.02. The fourth-order valence-corrected chi connectivity index (χ4v) is 1.28. The van der Waals surface area contributed by atoms with E-state index in [1.165, 1.54) is 12.1 Å². The number of carboxylic acid groups (broad SMARTS) is 1. The Balaban J connectivity index is 0. The van der Waals surface area contributed by atoms with Crippen LogP contribution in [-0.4, -0.2) is 36.0 Å². The van der Waals surface area contributed by atoms with E-state index in [1.54, 1.807) is 14.0 Å². The van der Waals surface area contributed by atoms with Crippen molar-refractivity contribution in [2.24, 2.45) is 0 Å². The zero-order chi connectivity index (χ0) is 12.1. The SMILES string of the molecule is COC[C@H](C)Oc1cc(O)cc(C(=O)O)c1.[H-].[K+]. The van der Waals surface area contributed by atoms with Gasteiger partial charge in [-0.25, -0.2) is 4.79 Å². The summed E-state index contributed by atoms with van der Waals surface area (Å²) in [7, 11) is 1.55. The van der Waals surface area contributed by atoms with Gasteiger partial charge in [-0.05, 0) is 19.1 Å². The van der Waals surface area contributed by atoms with Crippen LogP contribution in [0.25, 0.3) is 0 Å². The molecule has 0 radical (unpaired) electrons. The largest absolute Gasteiger partial charge is 1.00 e. The smallest absolute Gasteiger partial charge is 1.00 e. The third-order valence-corrected chi connectivity index (χ3v) is 1.88. The summed E-state index contributed by atoms with van der Waals surface area (Å²) in [6, 6.07) is 3.88. The number of methoxy groups -OCH3 is 1. The molecule has 17 heavy (non-hydrogen) atoms. The molecule has 1 rings (SSSR count).